The largest absolute Gasteiger partial charge is 0.325 e. The van der Waals surface area contributed by atoms with Gasteiger partial charge in [-0.25, -0.2) is 0 Å². The third-order valence-corrected chi connectivity index (χ3v) is 7.97. The number of amides is 2. The van der Waals surface area contributed by atoms with Crippen LogP contribution in [0.15, 0.2) is 77.4 Å². The number of aromatic nitrogens is 2. The molecule has 3 heterocycles. The quantitative estimate of drug-likeness (QED) is 0.319. The number of H-pyrrole nitrogens is 1. The summed E-state index contributed by atoms with van der Waals surface area (Å²) in [5.74, 6) is -0.497. The Kier molecular flexibility index (Phi) is 5.89. The Balaban J connectivity index is 1.31. The molecule has 2 atom stereocenters. The normalized spacial score (nSPS) is 20.8. The summed E-state index contributed by atoms with van der Waals surface area (Å²) in [7, 11) is 0. The molecule has 2 amide bonds. The van der Waals surface area contributed by atoms with Crippen molar-refractivity contribution in [3.8, 4) is 0 Å². The summed E-state index contributed by atoms with van der Waals surface area (Å²) in [6.45, 7) is 0.392. The Hall–Kier alpha value is -3.82. The first-order valence-corrected chi connectivity index (χ1v) is 12.9. The van der Waals surface area contributed by atoms with Gasteiger partial charge in [0, 0.05) is 32.4 Å². The van der Waals surface area contributed by atoms with Gasteiger partial charge in [0.1, 0.15) is 6.54 Å². The number of nitrogens with one attached hydrogen (secondary N) is 3. The summed E-state index contributed by atoms with van der Waals surface area (Å²) < 4.78 is 0.803. The van der Waals surface area contributed by atoms with E-state index in [0.29, 0.717) is 36.3 Å². The highest BCUT2D eigenvalue weighted by Gasteiger charge is 2.55. The number of anilines is 2. The molecule has 2 aliphatic heterocycles. The van der Waals surface area contributed by atoms with Crippen molar-refractivity contribution >= 4 is 55.8 Å². The van der Waals surface area contributed by atoms with Crippen LogP contribution in [0, 0.1) is 0 Å². The number of hydrogen-bond donors (Lipinski definition) is 3. The Bertz CT molecular complexity index is 1540. The number of hydrogen-bond acceptors (Lipinski definition) is 5. The first kappa shape index (κ1) is 23.6. The molecule has 0 radical (unpaired) electrons. The molecule has 37 heavy (non-hydrogen) atoms. The van der Waals surface area contributed by atoms with Gasteiger partial charge in [0.2, 0.25) is 11.8 Å². The van der Waals surface area contributed by atoms with Crippen LogP contribution >= 0.6 is 15.9 Å². The van der Waals surface area contributed by atoms with Crippen LogP contribution in [0.5, 0.6) is 0 Å². The van der Waals surface area contributed by atoms with Gasteiger partial charge in [-0.1, -0.05) is 40.2 Å². The summed E-state index contributed by atoms with van der Waals surface area (Å²) in [4.78, 5) is 42.2. The first-order valence-electron chi connectivity index (χ1n) is 12.1. The highest BCUT2D eigenvalue weighted by molar-refractivity contribution is 9.10. The third kappa shape index (κ3) is 4.04. The monoisotopic (exact) mass is 557 g/mol. The second kappa shape index (κ2) is 9.24. The number of nitrogens with zero attached hydrogens (tertiary/aromatic N) is 2. The number of para-hydroxylation sites is 1. The van der Waals surface area contributed by atoms with E-state index in [1.165, 1.54) is 0 Å². The molecule has 9 heteroatoms. The average molecular weight is 558 g/mol. The van der Waals surface area contributed by atoms with Gasteiger partial charge in [-0.05, 0) is 61.9 Å². The van der Waals surface area contributed by atoms with Crippen LogP contribution in [0.3, 0.4) is 0 Å². The van der Waals surface area contributed by atoms with Crippen LogP contribution < -0.4 is 15.5 Å². The maximum absolute atomic E-state index is 14.1. The molecule has 1 unspecified atom stereocenters. The number of fused-ring (bicyclic) bond motifs is 3. The topological polar surface area (TPSA) is 107 Å². The van der Waals surface area contributed by atoms with Crippen LogP contribution in [0.25, 0.3) is 10.9 Å². The predicted octanol–water partition coefficient (Wildman–Crippen LogP) is 4.18. The fourth-order valence-corrected chi connectivity index (χ4v) is 6.33. The highest BCUT2D eigenvalue weighted by Crippen LogP contribution is 2.51. The van der Waals surface area contributed by atoms with Crippen LogP contribution in [0.4, 0.5) is 11.4 Å². The van der Waals surface area contributed by atoms with Crippen molar-refractivity contribution in [2.75, 3.05) is 23.3 Å². The van der Waals surface area contributed by atoms with Gasteiger partial charge >= 0.3 is 0 Å². The van der Waals surface area contributed by atoms with Crippen molar-refractivity contribution in [3.05, 3.63) is 88.5 Å². The predicted molar refractivity (Wildman–Crippen MR) is 145 cm³/mol. The van der Waals surface area contributed by atoms with E-state index in [9.17, 15) is 14.4 Å². The minimum Gasteiger partial charge on any atom is -0.325 e. The van der Waals surface area contributed by atoms with E-state index < -0.39 is 11.5 Å². The molecular formula is C28H24BrN5O3. The Labute approximate surface area is 221 Å². The minimum atomic E-state index is -0.909. The number of carbonyl (C=O) groups excluding carboxylic acids is 3. The molecule has 3 N–H and O–H groups in total. The second-order valence-corrected chi connectivity index (χ2v) is 10.4. The summed E-state index contributed by atoms with van der Waals surface area (Å²) in [5.41, 5.74) is 2.74. The molecule has 1 aromatic heterocycles. The maximum atomic E-state index is 14.1. The van der Waals surface area contributed by atoms with Gasteiger partial charge < -0.3 is 15.5 Å². The summed E-state index contributed by atoms with van der Waals surface area (Å²) in [6, 6.07) is 19.7. The Morgan fingerprint density at radius 1 is 1.11 bits per heavy atom. The first-order chi connectivity index (χ1) is 18.0. The number of halogens is 1. The lowest BCUT2D eigenvalue weighted by Crippen LogP contribution is -2.54. The van der Waals surface area contributed by atoms with Crippen molar-refractivity contribution in [1.29, 1.82) is 0 Å². The molecule has 2 aliphatic rings. The lowest BCUT2D eigenvalue weighted by atomic mass is 9.70. The third-order valence-electron chi connectivity index (χ3n) is 7.31. The summed E-state index contributed by atoms with van der Waals surface area (Å²) >= 11 is 3.66. The molecule has 1 saturated heterocycles. The number of Topliss-reactive ketones (excluding diaryl/α,β-unsaturated/α-hetero) is 1. The molecule has 8 nitrogen and oxygen atoms in total. The second-order valence-electron chi connectivity index (χ2n) is 9.52. The van der Waals surface area contributed by atoms with Gasteiger partial charge in [-0.3, -0.25) is 19.5 Å². The van der Waals surface area contributed by atoms with Crippen LogP contribution in [0.2, 0.25) is 0 Å². The van der Waals surface area contributed by atoms with Crippen molar-refractivity contribution in [1.82, 2.24) is 15.5 Å². The average Bonchev–Trinajstić information content (AvgIpc) is 3.47. The van der Waals surface area contributed by atoms with Crippen molar-refractivity contribution in [3.63, 3.8) is 0 Å². The van der Waals surface area contributed by atoms with Crippen molar-refractivity contribution in [2.45, 2.75) is 24.3 Å². The number of rotatable bonds is 5. The highest BCUT2D eigenvalue weighted by atomic mass is 79.9. The van der Waals surface area contributed by atoms with Crippen molar-refractivity contribution in [2.24, 2.45) is 0 Å². The van der Waals surface area contributed by atoms with Gasteiger partial charge in [-0.2, -0.15) is 5.10 Å². The van der Waals surface area contributed by atoms with E-state index >= 15 is 0 Å². The van der Waals surface area contributed by atoms with E-state index in [0.717, 1.165) is 20.9 Å². The Morgan fingerprint density at radius 3 is 2.78 bits per heavy atom. The molecule has 0 saturated carbocycles. The van der Waals surface area contributed by atoms with E-state index in [1.54, 1.807) is 29.3 Å². The lowest BCUT2D eigenvalue weighted by Gasteiger charge is -2.37. The standard InChI is InChI=1S/C28H24BrN5O3/c29-20-7-4-8-23-25(20)28(27(37)34(23)16-24(35)32-19-5-2-1-3-6-19)11-12-30-22(14-28)26(36)17-9-10-21-18(13-17)15-31-33-21/h1-10,13,15,22,30H,11-12,14,16H2,(H,31,33)(H,32,35)/t22-,28?/m1/s1. The van der Waals surface area contributed by atoms with E-state index in [4.69, 9.17) is 0 Å². The zero-order chi connectivity index (χ0) is 25.6. The number of benzene rings is 3. The molecule has 4 aromatic rings. The molecule has 1 spiro atoms. The fraction of sp³-hybridized carbons (Fsp3) is 0.214. The molecular weight excluding hydrogens is 534 g/mol. The molecule has 186 valence electrons. The van der Waals surface area contributed by atoms with E-state index in [2.05, 4.69) is 36.8 Å². The number of aromatic amines is 1. The van der Waals surface area contributed by atoms with Crippen LogP contribution in [-0.2, 0) is 15.0 Å². The summed E-state index contributed by atoms with van der Waals surface area (Å²) in [5, 5.41) is 14.0. The molecule has 0 aliphatic carbocycles. The van der Waals surface area contributed by atoms with Crippen LogP contribution in [0.1, 0.15) is 28.8 Å². The van der Waals surface area contributed by atoms with Gasteiger partial charge in [0.15, 0.2) is 5.78 Å². The van der Waals surface area contributed by atoms with E-state index in [1.807, 2.05) is 48.5 Å². The molecule has 1 fully saturated rings. The smallest absolute Gasteiger partial charge is 0.244 e. The summed E-state index contributed by atoms with van der Waals surface area (Å²) in [6.07, 6.45) is 2.53. The Morgan fingerprint density at radius 2 is 1.95 bits per heavy atom. The van der Waals surface area contributed by atoms with E-state index in [-0.39, 0.29) is 24.1 Å². The van der Waals surface area contributed by atoms with Gasteiger partial charge in [-0.15, -0.1) is 0 Å². The molecule has 3 aromatic carbocycles. The minimum absolute atomic E-state index is 0.0659. The van der Waals surface area contributed by atoms with Gasteiger partial charge in [0.05, 0.1) is 23.2 Å². The number of ketones is 1. The molecule has 6 rings (SSSR count). The number of carbonyl (C=O) groups is 3. The number of piperidine rings is 1. The van der Waals surface area contributed by atoms with Gasteiger partial charge in [0.25, 0.3) is 0 Å². The zero-order valence-electron chi connectivity index (χ0n) is 19.8. The fourth-order valence-electron chi connectivity index (χ4n) is 5.60. The van der Waals surface area contributed by atoms with Crippen molar-refractivity contribution < 1.29 is 14.4 Å². The zero-order valence-corrected chi connectivity index (χ0v) is 21.4. The van der Waals surface area contributed by atoms with Crippen LogP contribution in [-0.4, -0.2) is 46.9 Å². The molecule has 0 bridgehead atoms. The SMILES string of the molecule is O=C(CN1C(=O)C2(CCN[C@@H](C(=O)c3ccc4[nH]ncc4c3)C2)c2c(Br)cccc21)Nc1ccccc1. The maximum Gasteiger partial charge on any atom is 0.244 e. The lowest BCUT2D eigenvalue weighted by molar-refractivity contribution is -0.126.